The Kier molecular flexibility index (Phi) is 6.03. The maximum atomic E-state index is 12.1. The minimum absolute atomic E-state index is 0.0765. The van der Waals surface area contributed by atoms with Gasteiger partial charge >= 0.3 is 0 Å². The summed E-state index contributed by atoms with van der Waals surface area (Å²) in [7, 11) is 0. The second kappa shape index (κ2) is 8.22. The number of hydrogen-bond donors (Lipinski definition) is 0. The Morgan fingerprint density at radius 1 is 0.913 bits per heavy atom. The van der Waals surface area contributed by atoms with Crippen LogP contribution >= 0.6 is 0 Å². The fraction of sp³-hybridized carbons (Fsp3) is 0.316. The molecule has 0 aliphatic heterocycles. The Labute approximate surface area is 136 Å². The average molecular weight is 311 g/mol. The van der Waals surface area contributed by atoms with Crippen LogP contribution in [0, 0.1) is 10.1 Å². The molecule has 0 saturated carbocycles. The van der Waals surface area contributed by atoms with Gasteiger partial charge in [0.15, 0.2) is 5.78 Å². The Hall–Kier alpha value is -2.49. The van der Waals surface area contributed by atoms with E-state index in [0.717, 1.165) is 36.0 Å². The quantitative estimate of drug-likeness (QED) is 0.283. The van der Waals surface area contributed by atoms with Crippen LogP contribution < -0.4 is 0 Å². The Balaban J connectivity index is 2.01. The standard InChI is InChI=1S/C19H21NO3/c1-2-3-4-5-6-19(21)17-9-7-15(8-10-17)16-11-13-18(14-12-16)20(22)23/h7-14H,2-6H2,1H3. The van der Waals surface area contributed by atoms with Gasteiger partial charge in [0.05, 0.1) is 4.92 Å². The van der Waals surface area contributed by atoms with Gasteiger partial charge < -0.3 is 0 Å². The number of ketones is 1. The number of Topliss-reactive ketones (excluding diaryl/α,β-unsaturated/α-hetero) is 1. The Morgan fingerprint density at radius 3 is 2.00 bits per heavy atom. The monoisotopic (exact) mass is 311 g/mol. The SMILES string of the molecule is CCCCCCC(=O)c1ccc(-c2ccc([N+](=O)[O-])cc2)cc1. The molecule has 2 aromatic carbocycles. The highest BCUT2D eigenvalue weighted by Gasteiger charge is 2.08. The predicted molar refractivity (Wildman–Crippen MR) is 91.6 cm³/mol. The molecule has 0 N–H and O–H groups in total. The summed E-state index contributed by atoms with van der Waals surface area (Å²) in [5, 5.41) is 10.7. The van der Waals surface area contributed by atoms with Crippen molar-refractivity contribution in [1.82, 2.24) is 0 Å². The third-order valence-electron chi connectivity index (χ3n) is 3.88. The number of unbranched alkanes of at least 4 members (excludes halogenated alkanes) is 3. The highest BCUT2D eigenvalue weighted by Crippen LogP contribution is 2.23. The molecular weight excluding hydrogens is 290 g/mol. The Bertz CT molecular complexity index is 660. The van der Waals surface area contributed by atoms with Gasteiger partial charge in [-0.05, 0) is 29.7 Å². The van der Waals surface area contributed by atoms with Gasteiger partial charge in [-0.25, -0.2) is 0 Å². The summed E-state index contributed by atoms with van der Waals surface area (Å²) >= 11 is 0. The van der Waals surface area contributed by atoms with E-state index in [4.69, 9.17) is 0 Å². The van der Waals surface area contributed by atoms with Crippen molar-refractivity contribution in [3.8, 4) is 11.1 Å². The van der Waals surface area contributed by atoms with Crippen molar-refractivity contribution >= 4 is 11.5 Å². The number of nitrogens with zero attached hydrogens (tertiary/aromatic N) is 1. The summed E-state index contributed by atoms with van der Waals surface area (Å²) < 4.78 is 0. The molecule has 0 bridgehead atoms. The molecule has 0 amide bonds. The zero-order valence-electron chi connectivity index (χ0n) is 13.3. The second-order valence-corrected chi connectivity index (χ2v) is 5.62. The van der Waals surface area contributed by atoms with Crippen LogP contribution in [0.3, 0.4) is 0 Å². The van der Waals surface area contributed by atoms with Crippen molar-refractivity contribution < 1.29 is 9.72 Å². The van der Waals surface area contributed by atoms with Crippen LogP contribution in [0.15, 0.2) is 48.5 Å². The first-order valence-electron chi connectivity index (χ1n) is 8.00. The maximum Gasteiger partial charge on any atom is 0.269 e. The van der Waals surface area contributed by atoms with E-state index >= 15 is 0 Å². The molecule has 0 radical (unpaired) electrons. The molecule has 120 valence electrons. The molecule has 0 aliphatic carbocycles. The van der Waals surface area contributed by atoms with Crippen LogP contribution in [-0.4, -0.2) is 10.7 Å². The molecule has 0 unspecified atom stereocenters. The smallest absolute Gasteiger partial charge is 0.269 e. The van der Waals surface area contributed by atoms with E-state index in [9.17, 15) is 14.9 Å². The van der Waals surface area contributed by atoms with Crippen molar-refractivity contribution in [1.29, 1.82) is 0 Å². The fourth-order valence-corrected chi connectivity index (χ4v) is 2.48. The number of nitro benzene ring substituents is 1. The van der Waals surface area contributed by atoms with Gasteiger partial charge in [-0.2, -0.15) is 0 Å². The summed E-state index contributed by atoms with van der Waals surface area (Å²) in [5.74, 6) is 0.177. The number of hydrogen-bond acceptors (Lipinski definition) is 3. The number of nitro groups is 1. The van der Waals surface area contributed by atoms with Crippen molar-refractivity contribution in [2.75, 3.05) is 0 Å². The summed E-state index contributed by atoms with van der Waals surface area (Å²) in [6.07, 6.45) is 4.97. The molecule has 2 rings (SSSR count). The zero-order chi connectivity index (χ0) is 16.7. The molecule has 0 saturated heterocycles. The molecule has 0 aliphatic rings. The van der Waals surface area contributed by atoms with Gasteiger partial charge in [0.25, 0.3) is 5.69 Å². The van der Waals surface area contributed by atoms with E-state index in [-0.39, 0.29) is 11.5 Å². The van der Waals surface area contributed by atoms with Gasteiger partial charge in [-0.15, -0.1) is 0 Å². The lowest BCUT2D eigenvalue weighted by molar-refractivity contribution is -0.384. The maximum absolute atomic E-state index is 12.1. The number of carbonyl (C=O) groups is 1. The van der Waals surface area contributed by atoms with Gasteiger partial charge in [0, 0.05) is 24.1 Å². The number of non-ortho nitro benzene ring substituents is 1. The van der Waals surface area contributed by atoms with Crippen LogP contribution in [0.4, 0.5) is 5.69 Å². The fourth-order valence-electron chi connectivity index (χ4n) is 2.48. The summed E-state index contributed by atoms with van der Waals surface area (Å²) in [4.78, 5) is 22.4. The normalized spacial score (nSPS) is 10.5. The van der Waals surface area contributed by atoms with Crippen molar-refractivity contribution in [3.05, 3.63) is 64.2 Å². The minimum atomic E-state index is -0.413. The molecular formula is C19H21NO3. The lowest BCUT2D eigenvalue weighted by atomic mass is 10.00. The predicted octanol–water partition coefficient (Wildman–Crippen LogP) is 5.41. The highest BCUT2D eigenvalue weighted by molar-refractivity contribution is 5.96. The molecule has 4 heteroatoms. The molecule has 0 atom stereocenters. The van der Waals surface area contributed by atoms with Gasteiger partial charge in [-0.3, -0.25) is 14.9 Å². The first-order valence-corrected chi connectivity index (χ1v) is 8.00. The van der Waals surface area contributed by atoms with Crippen LogP contribution in [0.5, 0.6) is 0 Å². The summed E-state index contributed by atoms with van der Waals surface area (Å²) in [6, 6.07) is 13.9. The van der Waals surface area contributed by atoms with Crippen LogP contribution in [-0.2, 0) is 0 Å². The largest absolute Gasteiger partial charge is 0.294 e. The minimum Gasteiger partial charge on any atom is -0.294 e. The van der Waals surface area contributed by atoms with E-state index in [0.29, 0.717) is 6.42 Å². The zero-order valence-corrected chi connectivity index (χ0v) is 13.3. The van der Waals surface area contributed by atoms with Gasteiger partial charge in [-0.1, -0.05) is 50.5 Å². The first-order chi connectivity index (χ1) is 11.1. The first kappa shape index (κ1) is 16.9. The van der Waals surface area contributed by atoms with E-state index in [2.05, 4.69) is 6.92 Å². The molecule has 4 nitrogen and oxygen atoms in total. The van der Waals surface area contributed by atoms with Gasteiger partial charge in [0.1, 0.15) is 0 Å². The van der Waals surface area contributed by atoms with E-state index in [1.165, 1.54) is 18.6 Å². The van der Waals surface area contributed by atoms with Gasteiger partial charge in [0.2, 0.25) is 0 Å². The third-order valence-corrected chi connectivity index (χ3v) is 3.88. The highest BCUT2D eigenvalue weighted by atomic mass is 16.6. The number of benzene rings is 2. The number of carbonyl (C=O) groups excluding carboxylic acids is 1. The van der Waals surface area contributed by atoms with E-state index in [1.54, 1.807) is 12.1 Å². The topological polar surface area (TPSA) is 60.2 Å². The average Bonchev–Trinajstić information content (AvgIpc) is 2.59. The molecule has 0 heterocycles. The molecule has 2 aromatic rings. The molecule has 0 fully saturated rings. The number of rotatable bonds is 8. The second-order valence-electron chi connectivity index (χ2n) is 5.62. The molecule has 23 heavy (non-hydrogen) atoms. The van der Waals surface area contributed by atoms with Crippen molar-refractivity contribution in [3.63, 3.8) is 0 Å². The summed E-state index contributed by atoms with van der Waals surface area (Å²) in [6.45, 7) is 2.15. The Morgan fingerprint density at radius 2 is 1.48 bits per heavy atom. The summed E-state index contributed by atoms with van der Waals surface area (Å²) in [5.41, 5.74) is 2.65. The van der Waals surface area contributed by atoms with Crippen LogP contribution in [0.1, 0.15) is 49.4 Å². The lowest BCUT2D eigenvalue weighted by Crippen LogP contribution is -1.98. The third kappa shape index (κ3) is 4.74. The van der Waals surface area contributed by atoms with E-state index < -0.39 is 4.92 Å². The van der Waals surface area contributed by atoms with E-state index in [1.807, 2.05) is 24.3 Å². The van der Waals surface area contributed by atoms with Crippen molar-refractivity contribution in [2.45, 2.75) is 39.0 Å². The lowest BCUT2D eigenvalue weighted by Gasteiger charge is -2.04. The van der Waals surface area contributed by atoms with Crippen LogP contribution in [0.25, 0.3) is 11.1 Å². The molecule has 0 spiro atoms. The van der Waals surface area contributed by atoms with Crippen LogP contribution in [0.2, 0.25) is 0 Å². The molecule has 0 aromatic heterocycles. The van der Waals surface area contributed by atoms with Crippen molar-refractivity contribution in [2.24, 2.45) is 0 Å².